The molecule has 1 aromatic rings. The van der Waals surface area contributed by atoms with E-state index in [1.807, 2.05) is 12.4 Å². The Morgan fingerprint density at radius 3 is 3.07 bits per heavy atom. The second kappa shape index (κ2) is 6.87. The molecule has 0 aliphatic rings. The van der Waals surface area contributed by atoms with Gasteiger partial charge in [0.2, 0.25) is 0 Å². The van der Waals surface area contributed by atoms with E-state index in [4.69, 9.17) is 5.84 Å². The fourth-order valence-electron chi connectivity index (χ4n) is 1.56. The first-order valence-corrected chi connectivity index (χ1v) is 6.66. The minimum atomic E-state index is 0.304. The van der Waals surface area contributed by atoms with Crippen molar-refractivity contribution in [3.8, 4) is 0 Å². The van der Waals surface area contributed by atoms with Gasteiger partial charge in [0, 0.05) is 37.2 Å². The number of hydrogen-bond donors (Lipinski definition) is 2. The second-order valence-electron chi connectivity index (χ2n) is 3.56. The van der Waals surface area contributed by atoms with Crippen LogP contribution in [0.1, 0.15) is 19.2 Å². The van der Waals surface area contributed by atoms with E-state index in [1.165, 1.54) is 0 Å². The van der Waals surface area contributed by atoms with Crippen molar-refractivity contribution in [3.63, 3.8) is 0 Å². The average Bonchev–Trinajstić information content (AvgIpc) is 2.66. The van der Waals surface area contributed by atoms with Gasteiger partial charge in [0.05, 0.1) is 0 Å². The van der Waals surface area contributed by atoms with Crippen LogP contribution in [0.15, 0.2) is 12.4 Å². The number of thioether (sulfide) groups is 1. The quantitative estimate of drug-likeness (QED) is 0.540. The molecule has 0 bridgehead atoms. The van der Waals surface area contributed by atoms with Crippen LogP contribution in [0.5, 0.6) is 0 Å². The van der Waals surface area contributed by atoms with E-state index in [1.54, 1.807) is 11.8 Å². The summed E-state index contributed by atoms with van der Waals surface area (Å²) in [6.07, 6.45) is 8.00. The standard InChI is InChI=1S/C10H20N4S/c1-3-5-14-6-4-12-10(14)7-9(13-11)8-15-2/h4,6,9,13H,3,5,7-8,11H2,1-2H3. The first-order valence-electron chi connectivity index (χ1n) is 5.26. The van der Waals surface area contributed by atoms with Crippen LogP contribution in [-0.4, -0.2) is 27.6 Å². The molecule has 0 spiro atoms. The predicted molar refractivity (Wildman–Crippen MR) is 65.7 cm³/mol. The smallest absolute Gasteiger partial charge is 0.110 e. The summed E-state index contributed by atoms with van der Waals surface area (Å²) in [6, 6.07) is 0.304. The summed E-state index contributed by atoms with van der Waals surface area (Å²) in [5.41, 5.74) is 2.84. The summed E-state index contributed by atoms with van der Waals surface area (Å²) in [4.78, 5) is 4.36. The molecule has 0 aliphatic heterocycles. The summed E-state index contributed by atoms with van der Waals surface area (Å²) < 4.78 is 2.20. The molecule has 0 saturated carbocycles. The Labute approximate surface area is 95.6 Å². The van der Waals surface area contributed by atoms with E-state index in [2.05, 4.69) is 28.2 Å². The van der Waals surface area contributed by atoms with Crippen molar-refractivity contribution in [2.24, 2.45) is 5.84 Å². The summed E-state index contributed by atoms with van der Waals surface area (Å²) in [7, 11) is 0. The fraction of sp³-hybridized carbons (Fsp3) is 0.700. The molecule has 0 radical (unpaired) electrons. The molecule has 3 N–H and O–H groups in total. The summed E-state index contributed by atoms with van der Waals surface area (Å²) in [5.74, 6) is 7.63. The van der Waals surface area contributed by atoms with Crippen molar-refractivity contribution in [3.05, 3.63) is 18.2 Å². The molecule has 1 aromatic heterocycles. The zero-order valence-electron chi connectivity index (χ0n) is 9.44. The molecule has 0 fully saturated rings. The second-order valence-corrected chi connectivity index (χ2v) is 4.47. The Bertz CT molecular complexity index is 274. The van der Waals surface area contributed by atoms with E-state index < -0.39 is 0 Å². The maximum Gasteiger partial charge on any atom is 0.110 e. The van der Waals surface area contributed by atoms with Gasteiger partial charge in [0.25, 0.3) is 0 Å². The van der Waals surface area contributed by atoms with E-state index >= 15 is 0 Å². The topological polar surface area (TPSA) is 55.9 Å². The molecule has 5 heteroatoms. The number of nitrogens with one attached hydrogen (secondary N) is 1. The lowest BCUT2D eigenvalue weighted by Gasteiger charge is -2.15. The molecule has 0 amide bonds. The van der Waals surface area contributed by atoms with Gasteiger partial charge < -0.3 is 4.57 Å². The van der Waals surface area contributed by atoms with Gasteiger partial charge in [-0.05, 0) is 12.7 Å². The van der Waals surface area contributed by atoms with Gasteiger partial charge in [0.15, 0.2) is 0 Å². The largest absolute Gasteiger partial charge is 0.335 e. The molecule has 4 nitrogen and oxygen atoms in total. The normalized spacial score (nSPS) is 13.0. The molecule has 1 atom stereocenters. The van der Waals surface area contributed by atoms with Crippen molar-refractivity contribution >= 4 is 11.8 Å². The number of nitrogens with two attached hydrogens (primary N) is 1. The maximum absolute atomic E-state index is 5.50. The highest BCUT2D eigenvalue weighted by molar-refractivity contribution is 7.98. The lowest BCUT2D eigenvalue weighted by molar-refractivity contribution is 0.536. The fourth-order valence-corrected chi connectivity index (χ4v) is 2.18. The first kappa shape index (κ1) is 12.5. The highest BCUT2D eigenvalue weighted by Gasteiger charge is 2.10. The lowest BCUT2D eigenvalue weighted by Crippen LogP contribution is -2.39. The van der Waals surface area contributed by atoms with Crippen LogP contribution in [0, 0.1) is 0 Å². The zero-order valence-corrected chi connectivity index (χ0v) is 10.3. The molecular formula is C10H20N4S. The van der Waals surface area contributed by atoms with E-state index in [9.17, 15) is 0 Å². The Kier molecular flexibility index (Phi) is 5.75. The summed E-state index contributed by atoms with van der Waals surface area (Å²) in [5, 5.41) is 0. The third kappa shape index (κ3) is 3.85. The Hall–Kier alpha value is -0.520. The zero-order chi connectivity index (χ0) is 11.1. The summed E-state index contributed by atoms with van der Waals surface area (Å²) in [6.45, 7) is 3.20. The highest BCUT2D eigenvalue weighted by atomic mass is 32.2. The lowest BCUT2D eigenvalue weighted by atomic mass is 10.2. The number of rotatable bonds is 7. The molecule has 86 valence electrons. The molecule has 0 aliphatic carbocycles. The number of nitrogens with zero attached hydrogens (tertiary/aromatic N) is 2. The van der Waals surface area contributed by atoms with E-state index in [0.29, 0.717) is 6.04 Å². The third-order valence-electron chi connectivity index (χ3n) is 2.30. The molecule has 1 rings (SSSR count). The van der Waals surface area contributed by atoms with Gasteiger partial charge in [0.1, 0.15) is 5.82 Å². The molecule has 1 heterocycles. The van der Waals surface area contributed by atoms with Crippen molar-refractivity contribution in [2.45, 2.75) is 32.4 Å². The van der Waals surface area contributed by atoms with Crippen molar-refractivity contribution in [1.82, 2.24) is 15.0 Å². The van der Waals surface area contributed by atoms with Gasteiger partial charge in [-0.1, -0.05) is 6.92 Å². The van der Waals surface area contributed by atoms with Crippen molar-refractivity contribution in [1.29, 1.82) is 0 Å². The van der Waals surface area contributed by atoms with Gasteiger partial charge in [-0.15, -0.1) is 0 Å². The summed E-state index contributed by atoms with van der Waals surface area (Å²) >= 11 is 1.80. The Balaban J connectivity index is 2.57. The van der Waals surface area contributed by atoms with Crippen LogP contribution in [-0.2, 0) is 13.0 Å². The van der Waals surface area contributed by atoms with Gasteiger partial charge >= 0.3 is 0 Å². The predicted octanol–water partition coefficient (Wildman–Crippen LogP) is 1.03. The molecular weight excluding hydrogens is 208 g/mol. The van der Waals surface area contributed by atoms with Crippen molar-refractivity contribution in [2.75, 3.05) is 12.0 Å². The number of hydrogen-bond acceptors (Lipinski definition) is 4. The number of imidazole rings is 1. The van der Waals surface area contributed by atoms with Crippen LogP contribution in [0.2, 0.25) is 0 Å². The monoisotopic (exact) mass is 228 g/mol. The van der Waals surface area contributed by atoms with E-state index in [-0.39, 0.29) is 0 Å². The van der Waals surface area contributed by atoms with E-state index in [0.717, 1.165) is 31.0 Å². The van der Waals surface area contributed by atoms with Crippen LogP contribution < -0.4 is 11.3 Å². The van der Waals surface area contributed by atoms with Gasteiger partial charge in [-0.25, -0.2) is 4.98 Å². The molecule has 15 heavy (non-hydrogen) atoms. The Morgan fingerprint density at radius 1 is 1.67 bits per heavy atom. The maximum atomic E-state index is 5.50. The number of hydrazine groups is 1. The van der Waals surface area contributed by atoms with Crippen molar-refractivity contribution < 1.29 is 0 Å². The minimum Gasteiger partial charge on any atom is -0.335 e. The molecule has 0 aromatic carbocycles. The molecule has 1 unspecified atom stereocenters. The van der Waals surface area contributed by atoms with Crippen LogP contribution in [0.25, 0.3) is 0 Å². The van der Waals surface area contributed by atoms with Crippen LogP contribution >= 0.6 is 11.8 Å². The van der Waals surface area contributed by atoms with Gasteiger partial charge in [-0.2, -0.15) is 11.8 Å². The average molecular weight is 228 g/mol. The third-order valence-corrected chi connectivity index (χ3v) is 3.03. The highest BCUT2D eigenvalue weighted by Crippen LogP contribution is 2.06. The molecule has 0 saturated heterocycles. The number of aromatic nitrogens is 2. The first-order chi connectivity index (χ1) is 7.31. The minimum absolute atomic E-state index is 0.304. The van der Waals surface area contributed by atoms with Crippen LogP contribution in [0.4, 0.5) is 0 Å². The van der Waals surface area contributed by atoms with Crippen LogP contribution in [0.3, 0.4) is 0 Å². The Morgan fingerprint density at radius 2 is 2.47 bits per heavy atom. The number of aryl methyl sites for hydroxylation is 1. The SMILES string of the molecule is CCCn1ccnc1CC(CSC)NN. The van der Waals surface area contributed by atoms with Gasteiger partial charge in [-0.3, -0.25) is 11.3 Å².